The summed E-state index contributed by atoms with van der Waals surface area (Å²) in [5, 5.41) is 0. The molecule has 0 aliphatic carbocycles. The number of amides is 2. The number of methoxy groups -OCH3 is 1. The molecule has 0 unspecified atom stereocenters. The number of fused-ring (bicyclic) bond motifs is 1. The summed E-state index contributed by atoms with van der Waals surface area (Å²) in [6.45, 7) is 4.77. The van der Waals surface area contributed by atoms with Crippen molar-refractivity contribution >= 4 is 17.5 Å². The zero-order valence-corrected chi connectivity index (χ0v) is 16.2. The van der Waals surface area contributed by atoms with Gasteiger partial charge in [0.1, 0.15) is 0 Å². The number of carbonyl (C=O) groups is 2. The molecule has 6 nitrogen and oxygen atoms in total. The maximum absolute atomic E-state index is 13.1. The van der Waals surface area contributed by atoms with Gasteiger partial charge in [0.05, 0.1) is 18.6 Å². The molecule has 0 bridgehead atoms. The third-order valence-electron chi connectivity index (χ3n) is 6.37. The van der Waals surface area contributed by atoms with Crippen molar-refractivity contribution in [3.05, 3.63) is 29.8 Å². The second kappa shape index (κ2) is 7.60. The van der Waals surface area contributed by atoms with E-state index in [1.807, 2.05) is 28.0 Å². The highest BCUT2D eigenvalue weighted by Gasteiger charge is 2.48. The number of piperidine rings is 1. The van der Waals surface area contributed by atoms with Crippen molar-refractivity contribution in [2.24, 2.45) is 5.41 Å². The Balaban J connectivity index is 1.38. The number of hydrogen-bond donors (Lipinski definition) is 0. The van der Waals surface area contributed by atoms with Gasteiger partial charge in [-0.05, 0) is 43.9 Å². The van der Waals surface area contributed by atoms with E-state index in [4.69, 9.17) is 4.74 Å². The zero-order valence-electron chi connectivity index (χ0n) is 16.2. The Bertz CT molecular complexity index is 722. The number of anilines is 1. The molecule has 2 saturated heterocycles. The Labute approximate surface area is 161 Å². The number of para-hydroxylation sites is 1. The van der Waals surface area contributed by atoms with Gasteiger partial charge in [-0.15, -0.1) is 0 Å². The molecule has 3 heterocycles. The molecular formula is C21H29N3O3. The largest absolute Gasteiger partial charge is 0.383 e. The van der Waals surface area contributed by atoms with E-state index in [0.717, 1.165) is 51.0 Å². The molecule has 1 aromatic carbocycles. The van der Waals surface area contributed by atoms with Crippen LogP contribution in [0.5, 0.6) is 0 Å². The van der Waals surface area contributed by atoms with Crippen molar-refractivity contribution in [3.63, 3.8) is 0 Å². The predicted molar refractivity (Wildman–Crippen MR) is 104 cm³/mol. The lowest BCUT2D eigenvalue weighted by Crippen LogP contribution is -2.51. The number of ether oxygens (including phenoxy) is 1. The average Bonchev–Trinajstić information content (AvgIpc) is 3.28. The number of carbonyl (C=O) groups excluding carboxylic acids is 2. The quantitative estimate of drug-likeness (QED) is 0.788. The van der Waals surface area contributed by atoms with Gasteiger partial charge in [0.15, 0.2) is 0 Å². The highest BCUT2D eigenvalue weighted by Crippen LogP contribution is 2.40. The van der Waals surface area contributed by atoms with E-state index < -0.39 is 0 Å². The lowest BCUT2D eigenvalue weighted by molar-refractivity contribution is -0.146. The molecule has 27 heavy (non-hydrogen) atoms. The van der Waals surface area contributed by atoms with E-state index in [1.54, 1.807) is 7.11 Å². The van der Waals surface area contributed by atoms with Crippen molar-refractivity contribution in [1.82, 2.24) is 9.80 Å². The molecule has 1 atom stereocenters. The van der Waals surface area contributed by atoms with Gasteiger partial charge >= 0.3 is 0 Å². The Morgan fingerprint density at radius 1 is 1.19 bits per heavy atom. The summed E-state index contributed by atoms with van der Waals surface area (Å²) in [6.07, 6.45) is 3.77. The van der Waals surface area contributed by atoms with Crippen LogP contribution in [-0.4, -0.2) is 74.6 Å². The smallest absolute Gasteiger partial charge is 0.241 e. The highest BCUT2D eigenvalue weighted by atomic mass is 16.5. The number of nitrogens with zero attached hydrogens (tertiary/aromatic N) is 3. The monoisotopic (exact) mass is 371 g/mol. The van der Waals surface area contributed by atoms with Crippen LogP contribution in [0.4, 0.5) is 5.69 Å². The van der Waals surface area contributed by atoms with E-state index in [0.29, 0.717) is 26.2 Å². The second-order valence-electron chi connectivity index (χ2n) is 8.05. The summed E-state index contributed by atoms with van der Waals surface area (Å²) in [5.41, 5.74) is 2.01. The minimum absolute atomic E-state index is 0.150. The molecule has 0 N–H and O–H groups in total. The van der Waals surface area contributed by atoms with Crippen LogP contribution >= 0.6 is 0 Å². The van der Waals surface area contributed by atoms with Gasteiger partial charge in [-0.3, -0.25) is 14.5 Å². The molecule has 0 aromatic heterocycles. The number of rotatable bonds is 5. The average molecular weight is 371 g/mol. The van der Waals surface area contributed by atoms with E-state index in [9.17, 15) is 9.59 Å². The fourth-order valence-corrected chi connectivity index (χ4v) is 4.91. The molecule has 146 valence electrons. The van der Waals surface area contributed by atoms with Gasteiger partial charge in [0, 0.05) is 39.0 Å². The Morgan fingerprint density at radius 3 is 2.89 bits per heavy atom. The molecule has 3 aliphatic rings. The van der Waals surface area contributed by atoms with E-state index in [1.165, 1.54) is 5.56 Å². The van der Waals surface area contributed by atoms with Gasteiger partial charge in [0.2, 0.25) is 11.8 Å². The van der Waals surface area contributed by atoms with Crippen LogP contribution in [0.3, 0.4) is 0 Å². The normalized spacial score (nSPS) is 25.4. The zero-order chi connectivity index (χ0) is 18.9. The van der Waals surface area contributed by atoms with Gasteiger partial charge in [-0.25, -0.2) is 0 Å². The highest BCUT2D eigenvalue weighted by molar-refractivity contribution is 5.97. The van der Waals surface area contributed by atoms with Crippen LogP contribution in [0.1, 0.15) is 24.8 Å². The number of hydrogen-bond acceptors (Lipinski definition) is 4. The second-order valence-corrected chi connectivity index (χ2v) is 8.05. The minimum Gasteiger partial charge on any atom is -0.383 e. The van der Waals surface area contributed by atoms with Gasteiger partial charge in [0.25, 0.3) is 0 Å². The number of benzene rings is 1. The van der Waals surface area contributed by atoms with Crippen LogP contribution in [0, 0.1) is 5.41 Å². The molecule has 6 heteroatoms. The molecule has 3 aliphatic heterocycles. The Hall–Kier alpha value is -1.92. The van der Waals surface area contributed by atoms with Crippen LogP contribution in [0.2, 0.25) is 0 Å². The molecule has 2 amide bonds. The van der Waals surface area contributed by atoms with E-state index >= 15 is 0 Å². The Kier molecular flexibility index (Phi) is 5.19. The van der Waals surface area contributed by atoms with Crippen LogP contribution in [-0.2, 0) is 20.7 Å². The lowest BCUT2D eigenvalue weighted by Gasteiger charge is -2.39. The van der Waals surface area contributed by atoms with Crippen molar-refractivity contribution in [3.8, 4) is 0 Å². The molecule has 4 rings (SSSR count). The molecular weight excluding hydrogens is 342 g/mol. The first kappa shape index (κ1) is 18.4. The van der Waals surface area contributed by atoms with Gasteiger partial charge < -0.3 is 14.5 Å². The van der Waals surface area contributed by atoms with Crippen LogP contribution in [0.25, 0.3) is 0 Å². The predicted octanol–water partition coefficient (Wildman–Crippen LogP) is 1.54. The fourth-order valence-electron chi connectivity index (χ4n) is 4.91. The summed E-state index contributed by atoms with van der Waals surface area (Å²) < 4.78 is 5.15. The third-order valence-corrected chi connectivity index (χ3v) is 6.37. The third kappa shape index (κ3) is 3.48. The number of likely N-dealkylation sites (tertiary alicyclic amines) is 2. The SMILES string of the molecule is COCCN1CCC[C@@]2(CCN(CC(=O)N3CCc4ccccc43)C2)C1=O. The molecule has 2 fully saturated rings. The van der Waals surface area contributed by atoms with Crippen LogP contribution in [0.15, 0.2) is 24.3 Å². The minimum atomic E-state index is -0.296. The van der Waals surface area contributed by atoms with Crippen molar-refractivity contribution in [2.75, 3.05) is 57.9 Å². The Morgan fingerprint density at radius 2 is 2.04 bits per heavy atom. The molecule has 0 saturated carbocycles. The lowest BCUT2D eigenvalue weighted by atomic mass is 9.78. The van der Waals surface area contributed by atoms with Gasteiger partial charge in [-0.1, -0.05) is 18.2 Å². The first-order valence-corrected chi connectivity index (χ1v) is 10.0. The molecule has 1 aromatic rings. The standard InChI is InChI=1S/C21H29N3O3/c1-27-14-13-23-10-4-8-21(20(23)26)9-12-22(16-21)15-19(25)24-11-7-17-5-2-3-6-18(17)24/h2-3,5-6H,4,7-16H2,1H3/t21-/m0/s1. The van der Waals surface area contributed by atoms with Crippen LogP contribution < -0.4 is 4.90 Å². The summed E-state index contributed by atoms with van der Waals surface area (Å²) in [5.74, 6) is 0.406. The summed E-state index contributed by atoms with van der Waals surface area (Å²) in [4.78, 5) is 32.0. The van der Waals surface area contributed by atoms with Crippen molar-refractivity contribution in [2.45, 2.75) is 25.7 Å². The van der Waals surface area contributed by atoms with E-state index in [-0.39, 0.29) is 17.2 Å². The summed E-state index contributed by atoms with van der Waals surface area (Å²) in [7, 11) is 1.67. The molecule has 1 spiro atoms. The van der Waals surface area contributed by atoms with E-state index in [2.05, 4.69) is 11.0 Å². The summed E-state index contributed by atoms with van der Waals surface area (Å²) >= 11 is 0. The summed E-state index contributed by atoms with van der Waals surface area (Å²) in [6, 6.07) is 8.15. The first-order chi connectivity index (χ1) is 13.1. The van der Waals surface area contributed by atoms with Gasteiger partial charge in [-0.2, -0.15) is 0 Å². The van der Waals surface area contributed by atoms with Crippen molar-refractivity contribution in [1.29, 1.82) is 0 Å². The fraction of sp³-hybridized carbons (Fsp3) is 0.619. The molecule has 0 radical (unpaired) electrons. The topological polar surface area (TPSA) is 53.1 Å². The maximum atomic E-state index is 13.1. The maximum Gasteiger partial charge on any atom is 0.241 e. The first-order valence-electron chi connectivity index (χ1n) is 10.0. The van der Waals surface area contributed by atoms with Crippen molar-refractivity contribution < 1.29 is 14.3 Å².